The average molecular weight is 395 g/mol. The van der Waals surface area contributed by atoms with Crippen molar-refractivity contribution < 1.29 is 13.9 Å². The summed E-state index contributed by atoms with van der Waals surface area (Å²) in [4.78, 5) is 24.4. The van der Waals surface area contributed by atoms with Crippen LogP contribution in [0.1, 0.15) is 12.2 Å². The molecule has 4 rings (SSSR count). The fourth-order valence-corrected chi connectivity index (χ4v) is 3.26. The number of aromatic amines is 1. The molecule has 1 aliphatic heterocycles. The molecule has 1 fully saturated rings. The second-order valence-electron chi connectivity index (χ2n) is 6.81. The van der Waals surface area contributed by atoms with Crippen LogP contribution in [0, 0.1) is 5.82 Å². The van der Waals surface area contributed by atoms with Gasteiger partial charge in [-0.3, -0.25) is 9.78 Å². The summed E-state index contributed by atoms with van der Waals surface area (Å²) < 4.78 is 19.3. The molecule has 0 bridgehead atoms. The Morgan fingerprint density at radius 2 is 2.21 bits per heavy atom. The van der Waals surface area contributed by atoms with Crippen LogP contribution in [0.3, 0.4) is 0 Å². The Morgan fingerprint density at radius 3 is 2.97 bits per heavy atom. The first-order chi connectivity index (χ1) is 14.2. The van der Waals surface area contributed by atoms with E-state index in [0.29, 0.717) is 41.6 Å². The van der Waals surface area contributed by atoms with Gasteiger partial charge in [-0.1, -0.05) is 18.2 Å². The van der Waals surface area contributed by atoms with Gasteiger partial charge in [0.25, 0.3) is 0 Å². The number of hydrogen-bond donors (Lipinski definition) is 3. The molecule has 2 aromatic heterocycles. The van der Waals surface area contributed by atoms with Gasteiger partial charge in [0.05, 0.1) is 42.8 Å². The highest BCUT2D eigenvalue weighted by atomic mass is 19.1. The minimum atomic E-state index is -0.339. The average Bonchev–Trinajstić information content (AvgIpc) is 3.18. The lowest BCUT2D eigenvalue weighted by Crippen LogP contribution is -2.41. The Hall–Kier alpha value is -3.10. The van der Waals surface area contributed by atoms with E-state index in [1.165, 1.54) is 12.1 Å². The first-order valence-corrected chi connectivity index (χ1v) is 9.54. The predicted octanol–water partition coefficient (Wildman–Crippen LogP) is 2.27. The van der Waals surface area contributed by atoms with Crippen LogP contribution in [0.4, 0.5) is 4.39 Å². The van der Waals surface area contributed by atoms with Crippen molar-refractivity contribution in [1.29, 1.82) is 0 Å². The van der Waals surface area contributed by atoms with E-state index in [0.717, 1.165) is 6.54 Å². The SMILES string of the molecule is O=C(C[C@H]1CNCCO1)NCc1nc(-c2cccc(F)c2)c(-c2ccccn2)[nH]1. The van der Waals surface area contributed by atoms with Gasteiger partial charge in [0.15, 0.2) is 0 Å². The van der Waals surface area contributed by atoms with Crippen LogP contribution in [0.15, 0.2) is 48.7 Å². The lowest BCUT2D eigenvalue weighted by molar-refractivity contribution is -0.124. The summed E-state index contributed by atoms with van der Waals surface area (Å²) in [5.74, 6) is 0.121. The molecule has 0 radical (unpaired) electrons. The van der Waals surface area contributed by atoms with Crippen LogP contribution in [0.2, 0.25) is 0 Å². The maximum Gasteiger partial charge on any atom is 0.223 e. The van der Waals surface area contributed by atoms with Crippen molar-refractivity contribution in [3.05, 3.63) is 60.3 Å². The molecule has 0 saturated carbocycles. The Bertz CT molecular complexity index is 970. The minimum absolute atomic E-state index is 0.109. The summed E-state index contributed by atoms with van der Waals surface area (Å²) in [6, 6.07) is 11.8. The van der Waals surface area contributed by atoms with Crippen LogP contribution >= 0.6 is 0 Å². The molecule has 0 unspecified atom stereocenters. The molecule has 1 aliphatic rings. The molecule has 3 aromatic rings. The van der Waals surface area contributed by atoms with Gasteiger partial charge in [-0.2, -0.15) is 0 Å². The van der Waals surface area contributed by atoms with E-state index >= 15 is 0 Å². The third-order valence-electron chi connectivity index (χ3n) is 4.64. The number of halogens is 1. The molecule has 1 amide bonds. The molecule has 3 heterocycles. The van der Waals surface area contributed by atoms with Crippen LogP contribution in [0.25, 0.3) is 22.6 Å². The number of H-pyrrole nitrogens is 1. The second kappa shape index (κ2) is 8.93. The van der Waals surface area contributed by atoms with Gasteiger partial charge >= 0.3 is 0 Å². The second-order valence-corrected chi connectivity index (χ2v) is 6.81. The Kier molecular flexibility index (Phi) is 5.92. The lowest BCUT2D eigenvalue weighted by Gasteiger charge is -2.22. The largest absolute Gasteiger partial charge is 0.375 e. The van der Waals surface area contributed by atoms with E-state index in [9.17, 15) is 9.18 Å². The van der Waals surface area contributed by atoms with Crippen molar-refractivity contribution >= 4 is 5.91 Å². The number of carbonyl (C=O) groups is 1. The normalized spacial score (nSPS) is 16.5. The number of benzene rings is 1. The van der Waals surface area contributed by atoms with E-state index in [-0.39, 0.29) is 30.8 Å². The summed E-state index contributed by atoms with van der Waals surface area (Å²) in [6.07, 6.45) is 1.86. The van der Waals surface area contributed by atoms with Crippen molar-refractivity contribution in [1.82, 2.24) is 25.6 Å². The van der Waals surface area contributed by atoms with Gasteiger partial charge in [-0.15, -0.1) is 0 Å². The fourth-order valence-electron chi connectivity index (χ4n) is 3.26. The molecule has 1 atom stereocenters. The van der Waals surface area contributed by atoms with Gasteiger partial charge in [-0.05, 0) is 24.3 Å². The van der Waals surface area contributed by atoms with Crippen molar-refractivity contribution in [2.45, 2.75) is 19.1 Å². The summed E-state index contributed by atoms with van der Waals surface area (Å²) in [5, 5.41) is 6.07. The third kappa shape index (κ3) is 4.85. The number of rotatable bonds is 6. The minimum Gasteiger partial charge on any atom is -0.375 e. The molecule has 8 heteroatoms. The summed E-state index contributed by atoms with van der Waals surface area (Å²) in [5.41, 5.74) is 2.60. The molecule has 1 aromatic carbocycles. The third-order valence-corrected chi connectivity index (χ3v) is 4.64. The van der Waals surface area contributed by atoms with Crippen molar-refractivity contribution in [3.63, 3.8) is 0 Å². The number of nitrogens with one attached hydrogen (secondary N) is 3. The molecule has 0 aliphatic carbocycles. The monoisotopic (exact) mass is 395 g/mol. The predicted molar refractivity (Wildman–Crippen MR) is 106 cm³/mol. The summed E-state index contributed by atoms with van der Waals surface area (Å²) in [6.45, 7) is 2.32. The van der Waals surface area contributed by atoms with Crippen molar-refractivity contribution in [2.24, 2.45) is 0 Å². The van der Waals surface area contributed by atoms with Crippen molar-refractivity contribution in [2.75, 3.05) is 19.7 Å². The molecule has 29 heavy (non-hydrogen) atoms. The fraction of sp³-hybridized carbons (Fsp3) is 0.286. The maximum absolute atomic E-state index is 13.7. The number of hydrogen-bond acceptors (Lipinski definition) is 5. The molecule has 0 spiro atoms. The number of imidazole rings is 1. The molecule has 3 N–H and O–H groups in total. The van der Waals surface area contributed by atoms with Crippen LogP contribution in [-0.4, -0.2) is 46.7 Å². The van der Waals surface area contributed by atoms with E-state index in [2.05, 4.69) is 25.6 Å². The number of carbonyl (C=O) groups excluding carboxylic acids is 1. The first-order valence-electron chi connectivity index (χ1n) is 9.54. The van der Waals surface area contributed by atoms with Gasteiger partial charge in [-0.25, -0.2) is 9.37 Å². The lowest BCUT2D eigenvalue weighted by atomic mass is 10.1. The van der Waals surface area contributed by atoms with E-state index < -0.39 is 0 Å². The number of pyridine rings is 1. The highest BCUT2D eigenvalue weighted by Crippen LogP contribution is 2.29. The zero-order valence-corrected chi connectivity index (χ0v) is 15.8. The number of ether oxygens (including phenoxy) is 1. The zero-order valence-electron chi connectivity index (χ0n) is 15.8. The Morgan fingerprint density at radius 1 is 1.28 bits per heavy atom. The molecule has 1 saturated heterocycles. The van der Waals surface area contributed by atoms with Gasteiger partial charge in [0.2, 0.25) is 5.91 Å². The highest BCUT2D eigenvalue weighted by Gasteiger charge is 2.19. The standard InChI is InChI=1S/C21H22FN5O2/c22-15-5-3-4-14(10-15)20-21(17-6-1-2-7-24-17)27-18(26-20)13-25-19(28)11-16-12-23-8-9-29-16/h1-7,10,16,23H,8-9,11-13H2,(H,25,28)(H,26,27)/t16-/m0/s1. The van der Waals surface area contributed by atoms with Crippen LogP contribution in [0.5, 0.6) is 0 Å². The summed E-state index contributed by atoms with van der Waals surface area (Å²) >= 11 is 0. The zero-order chi connectivity index (χ0) is 20.1. The van der Waals surface area contributed by atoms with Gasteiger partial charge < -0.3 is 20.4 Å². The van der Waals surface area contributed by atoms with E-state index in [4.69, 9.17) is 4.74 Å². The van der Waals surface area contributed by atoms with Crippen molar-refractivity contribution in [3.8, 4) is 22.6 Å². The number of aromatic nitrogens is 3. The number of morpholine rings is 1. The molecule has 7 nitrogen and oxygen atoms in total. The number of amides is 1. The Balaban J connectivity index is 1.52. The first kappa shape index (κ1) is 19.2. The number of nitrogens with zero attached hydrogens (tertiary/aromatic N) is 2. The maximum atomic E-state index is 13.7. The van der Waals surface area contributed by atoms with Crippen LogP contribution < -0.4 is 10.6 Å². The molecule has 150 valence electrons. The molecular formula is C21H22FN5O2. The smallest absolute Gasteiger partial charge is 0.223 e. The van der Waals surface area contributed by atoms with E-state index in [1.807, 2.05) is 18.2 Å². The van der Waals surface area contributed by atoms with Crippen LogP contribution in [-0.2, 0) is 16.1 Å². The van der Waals surface area contributed by atoms with Gasteiger partial charge in [0, 0.05) is 24.8 Å². The highest BCUT2D eigenvalue weighted by molar-refractivity contribution is 5.78. The topological polar surface area (TPSA) is 91.9 Å². The Labute approximate surface area is 167 Å². The quantitative estimate of drug-likeness (QED) is 0.596. The molecular weight excluding hydrogens is 373 g/mol. The van der Waals surface area contributed by atoms with E-state index in [1.54, 1.807) is 18.3 Å². The summed E-state index contributed by atoms with van der Waals surface area (Å²) in [7, 11) is 0. The van der Waals surface area contributed by atoms with Gasteiger partial charge in [0.1, 0.15) is 11.6 Å².